The average molecular weight is 126 g/mol. The number of aryl methyl sites for hydroxylation is 1. The van der Waals surface area contributed by atoms with Crippen LogP contribution in [0.1, 0.15) is 0 Å². The molecule has 0 atom stereocenters. The first-order valence-corrected chi connectivity index (χ1v) is 2.22. The minimum atomic E-state index is -0.756. The summed E-state index contributed by atoms with van der Waals surface area (Å²) in [6.45, 7) is 0. The third kappa shape index (κ3) is 1.04. The molecule has 0 unspecified atom stereocenters. The van der Waals surface area contributed by atoms with Crippen molar-refractivity contribution in [2.45, 2.75) is 0 Å². The van der Waals surface area contributed by atoms with Crippen molar-refractivity contribution in [1.29, 1.82) is 0 Å². The predicted octanol–water partition coefficient (Wildman–Crippen LogP) is -1.32. The lowest BCUT2D eigenvalue weighted by Gasteiger charge is -1.90. The Morgan fingerprint density at radius 2 is 2.44 bits per heavy atom. The summed E-state index contributed by atoms with van der Waals surface area (Å²) in [5, 5.41) is 11.9. The van der Waals surface area contributed by atoms with Gasteiger partial charge in [-0.3, -0.25) is 4.79 Å². The summed E-state index contributed by atoms with van der Waals surface area (Å²) in [6, 6.07) is 0. The first kappa shape index (κ1) is 5.74. The summed E-state index contributed by atoms with van der Waals surface area (Å²) >= 11 is 0. The van der Waals surface area contributed by atoms with E-state index in [1.807, 2.05) is 0 Å². The highest BCUT2D eigenvalue weighted by atomic mass is 16.3. The molecule has 0 saturated carbocycles. The van der Waals surface area contributed by atoms with Gasteiger partial charge in [0.2, 0.25) is 0 Å². The van der Waals surface area contributed by atoms with Crippen LogP contribution in [0.4, 0.5) is 0 Å². The van der Waals surface area contributed by atoms with Crippen molar-refractivity contribution in [2.24, 2.45) is 7.05 Å². The van der Waals surface area contributed by atoms with Crippen LogP contribution in [-0.4, -0.2) is 19.9 Å². The third-order valence-corrected chi connectivity index (χ3v) is 0.732. The molecule has 47 valence electrons. The van der Waals surface area contributed by atoms with E-state index in [4.69, 9.17) is 5.11 Å². The van der Waals surface area contributed by atoms with Crippen molar-refractivity contribution < 1.29 is 5.11 Å². The number of rotatable bonds is 0. The van der Waals surface area contributed by atoms with E-state index < -0.39 is 11.4 Å². The SMILES string of the molecule is Cn1[c]nc(=O)c(O)n1. The van der Waals surface area contributed by atoms with Gasteiger partial charge < -0.3 is 5.11 Å². The topological polar surface area (TPSA) is 68.0 Å². The van der Waals surface area contributed by atoms with E-state index in [-0.39, 0.29) is 0 Å². The highest BCUT2D eigenvalue weighted by Crippen LogP contribution is 1.84. The Kier molecular flexibility index (Phi) is 1.18. The fourth-order valence-electron chi connectivity index (χ4n) is 0.375. The highest BCUT2D eigenvalue weighted by molar-refractivity contribution is 4.94. The van der Waals surface area contributed by atoms with Gasteiger partial charge in [-0.1, -0.05) is 0 Å². The monoisotopic (exact) mass is 126 g/mol. The molecule has 1 N–H and O–H groups in total. The largest absolute Gasteiger partial charge is 0.488 e. The van der Waals surface area contributed by atoms with Gasteiger partial charge in [0.05, 0.1) is 0 Å². The van der Waals surface area contributed by atoms with Crippen LogP contribution < -0.4 is 5.56 Å². The van der Waals surface area contributed by atoms with Gasteiger partial charge in [0.25, 0.3) is 5.88 Å². The summed E-state index contributed by atoms with van der Waals surface area (Å²) in [4.78, 5) is 13.5. The van der Waals surface area contributed by atoms with Gasteiger partial charge in [0.15, 0.2) is 6.33 Å². The molecule has 0 aromatic carbocycles. The first-order chi connectivity index (χ1) is 4.20. The molecule has 1 aromatic rings. The van der Waals surface area contributed by atoms with Gasteiger partial charge in [0.1, 0.15) is 0 Å². The molecule has 0 aliphatic carbocycles. The second-order valence-electron chi connectivity index (χ2n) is 1.46. The molecule has 0 saturated heterocycles. The van der Waals surface area contributed by atoms with Gasteiger partial charge in [-0.25, -0.2) is 4.68 Å². The van der Waals surface area contributed by atoms with Gasteiger partial charge in [-0.05, 0) is 0 Å². The average Bonchev–Trinajstić information content (AvgIpc) is 1.80. The maximum absolute atomic E-state index is 10.3. The molecule has 1 rings (SSSR count). The van der Waals surface area contributed by atoms with E-state index in [0.717, 1.165) is 4.68 Å². The Bertz CT molecular complexity index is 267. The van der Waals surface area contributed by atoms with E-state index >= 15 is 0 Å². The first-order valence-electron chi connectivity index (χ1n) is 2.22. The molecule has 5 heteroatoms. The Morgan fingerprint density at radius 3 is 2.89 bits per heavy atom. The maximum Gasteiger partial charge on any atom is 0.335 e. The van der Waals surface area contributed by atoms with E-state index in [1.165, 1.54) is 7.05 Å². The summed E-state index contributed by atoms with van der Waals surface area (Å²) in [7, 11) is 1.51. The smallest absolute Gasteiger partial charge is 0.335 e. The lowest BCUT2D eigenvalue weighted by Crippen LogP contribution is -2.11. The van der Waals surface area contributed by atoms with E-state index in [9.17, 15) is 4.79 Å². The minimum absolute atomic E-state index is 0.601. The maximum atomic E-state index is 10.3. The lowest BCUT2D eigenvalue weighted by molar-refractivity contribution is 0.418. The Balaban J connectivity index is 3.34. The quantitative estimate of drug-likeness (QED) is 0.468. The van der Waals surface area contributed by atoms with Crippen LogP contribution in [-0.2, 0) is 7.05 Å². The van der Waals surface area contributed by atoms with Crippen molar-refractivity contribution >= 4 is 0 Å². The molecule has 1 radical (unpaired) electrons. The highest BCUT2D eigenvalue weighted by Gasteiger charge is 1.95. The predicted molar refractivity (Wildman–Crippen MR) is 27.8 cm³/mol. The van der Waals surface area contributed by atoms with Crippen molar-refractivity contribution in [3.05, 3.63) is 16.7 Å². The fraction of sp³-hybridized carbons (Fsp3) is 0.250. The molecule has 5 nitrogen and oxygen atoms in total. The molecule has 0 fully saturated rings. The Morgan fingerprint density at radius 1 is 1.78 bits per heavy atom. The Labute approximate surface area is 50.6 Å². The summed E-state index contributed by atoms with van der Waals surface area (Å²) in [6.07, 6.45) is 2.22. The van der Waals surface area contributed by atoms with Crippen molar-refractivity contribution in [1.82, 2.24) is 14.8 Å². The zero-order valence-corrected chi connectivity index (χ0v) is 4.70. The second-order valence-corrected chi connectivity index (χ2v) is 1.46. The molecular formula is C4H4N3O2. The normalized spacial score (nSPS) is 9.44. The standard InChI is InChI=1S/C4H4N3O2/c1-7-2-5-3(8)4(9)6-7/h1H3,(H,6,9). The minimum Gasteiger partial charge on any atom is -0.488 e. The summed E-state index contributed by atoms with van der Waals surface area (Å²) in [5.41, 5.74) is -0.756. The number of nitrogens with zero attached hydrogens (tertiary/aromatic N) is 3. The fourth-order valence-corrected chi connectivity index (χ4v) is 0.375. The van der Waals surface area contributed by atoms with Crippen LogP contribution >= 0.6 is 0 Å². The van der Waals surface area contributed by atoms with E-state index in [0.29, 0.717) is 0 Å². The van der Waals surface area contributed by atoms with E-state index in [2.05, 4.69) is 16.4 Å². The molecule has 0 amide bonds. The summed E-state index contributed by atoms with van der Waals surface area (Å²) < 4.78 is 1.12. The third-order valence-electron chi connectivity index (χ3n) is 0.732. The molecule has 0 aliphatic heterocycles. The number of hydrogen-bond donors (Lipinski definition) is 1. The zero-order chi connectivity index (χ0) is 6.85. The zero-order valence-electron chi connectivity index (χ0n) is 4.70. The van der Waals surface area contributed by atoms with Gasteiger partial charge in [-0.2, -0.15) is 4.98 Å². The van der Waals surface area contributed by atoms with Gasteiger partial charge >= 0.3 is 5.56 Å². The van der Waals surface area contributed by atoms with Crippen LogP contribution in [0, 0.1) is 6.33 Å². The van der Waals surface area contributed by atoms with Crippen LogP contribution in [0.2, 0.25) is 0 Å². The number of aromatic nitrogens is 3. The number of hydrogen-bond acceptors (Lipinski definition) is 4. The van der Waals surface area contributed by atoms with Gasteiger partial charge in [0, 0.05) is 7.05 Å². The number of aromatic hydroxyl groups is 1. The van der Waals surface area contributed by atoms with Crippen molar-refractivity contribution in [2.75, 3.05) is 0 Å². The molecule has 1 heterocycles. The Hall–Kier alpha value is -1.39. The molecule has 1 aromatic heterocycles. The molecule has 0 spiro atoms. The van der Waals surface area contributed by atoms with Crippen LogP contribution in [0.25, 0.3) is 0 Å². The van der Waals surface area contributed by atoms with Crippen LogP contribution in [0.15, 0.2) is 4.79 Å². The van der Waals surface area contributed by atoms with Crippen LogP contribution in [0.3, 0.4) is 0 Å². The van der Waals surface area contributed by atoms with Crippen molar-refractivity contribution in [3.63, 3.8) is 0 Å². The van der Waals surface area contributed by atoms with Crippen LogP contribution in [0.5, 0.6) is 5.88 Å². The molecular weight excluding hydrogens is 122 g/mol. The lowest BCUT2D eigenvalue weighted by atomic mass is 10.8. The van der Waals surface area contributed by atoms with Gasteiger partial charge in [-0.15, -0.1) is 5.10 Å². The van der Waals surface area contributed by atoms with Crippen molar-refractivity contribution in [3.8, 4) is 5.88 Å². The van der Waals surface area contributed by atoms with E-state index in [1.54, 1.807) is 0 Å². The molecule has 0 bridgehead atoms. The summed E-state index contributed by atoms with van der Waals surface area (Å²) in [5.74, 6) is -0.601. The second kappa shape index (κ2) is 1.85. The molecule has 0 aliphatic rings. The molecule has 9 heavy (non-hydrogen) atoms.